The lowest BCUT2D eigenvalue weighted by Gasteiger charge is -2.29. The van der Waals surface area contributed by atoms with Crippen LogP contribution in [0.4, 0.5) is 13.2 Å². The van der Waals surface area contributed by atoms with Crippen LogP contribution in [0, 0.1) is 0 Å². The highest BCUT2D eigenvalue weighted by atomic mass is 19.4. The van der Waals surface area contributed by atoms with Crippen LogP contribution in [0.2, 0.25) is 0 Å². The van der Waals surface area contributed by atoms with E-state index in [9.17, 15) is 18.3 Å². The van der Waals surface area contributed by atoms with E-state index in [1.807, 2.05) is 12.1 Å². The monoisotopic (exact) mass is 274 g/mol. The molecule has 0 aromatic heterocycles. The van der Waals surface area contributed by atoms with Crippen molar-refractivity contribution in [1.29, 1.82) is 0 Å². The Morgan fingerprint density at radius 2 is 2.16 bits per heavy atom. The third kappa shape index (κ3) is 3.03. The van der Waals surface area contributed by atoms with Gasteiger partial charge in [-0.3, -0.25) is 0 Å². The van der Waals surface area contributed by atoms with Crippen LogP contribution in [-0.4, -0.2) is 24.5 Å². The molecule has 2 nitrogen and oxygen atoms in total. The summed E-state index contributed by atoms with van der Waals surface area (Å²) in [4.78, 5) is 0. The molecule has 1 aliphatic rings. The minimum absolute atomic E-state index is 0.254. The average Bonchev–Trinajstić information content (AvgIpc) is 2.37. The molecule has 0 amide bonds. The maximum Gasteiger partial charge on any atom is 0.414 e. The molecule has 0 spiro atoms. The summed E-state index contributed by atoms with van der Waals surface area (Å²) in [5.41, 5.74) is 1.87. The number of benzene rings is 1. The summed E-state index contributed by atoms with van der Waals surface area (Å²) >= 11 is 0. The largest absolute Gasteiger partial charge is 0.496 e. The van der Waals surface area contributed by atoms with Crippen molar-refractivity contribution < 1.29 is 23.0 Å². The minimum Gasteiger partial charge on any atom is -0.496 e. The summed E-state index contributed by atoms with van der Waals surface area (Å²) in [5, 5.41) is 9.23. The van der Waals surface area contributed by atoms with Crippen molar-refractivity contribution in [3.63, 3.8) is 0 Å². The van der Waals surface area contributed by atoms with Crippen LogP contribution in [0.15, 0.2) is 18.2 Å². The number of halogens is 3. The van der Waals surface area contributed by atoms with Gasteiger partial charge in [-0.2, -0.15) is 13.2 Å². The van der Waals surface area contributed by atoms with Gasteiger partial charge in [0.1, 0.15) is 11.9 Å². The Morgan fingerprint density at radius 3 is 2.79 bits per heavy atom. The summed E-state index contributed by atoms with van der Waals surface area (Å²) in [6.07, 6.45) is -4.76. The predicted molar refractivity (Wildman–Crippen MR) is 65.4 cm³/mol. The van der Waals surface area contributed by atoms with Gasteiger partial charge in [-0.25, -0.2) is 0 Å². The molecule has 0 heterocycles. The maximum absolute atomic E-state index is 12.5. The zero-order chi connectivity index (χ0) is 14.0. The summed E-state index contributed by atoms with van der Waals surface area (Å²) < 4.78 is 42.6. The molecule has 0 saturated carbocycles. The van der Waals surface area contributed by atoms with Crippen molar-refractivity contribution in [2.75, 3.05) is 7.11 Å². The van der Waals surface area contributed by atoms with E-state index in [1.165, 1.54) is 0 Å². The first-order valence-electron chi connectivity index (χ1n) is 6.34. The van der Waals surface area contributed by atoms with E-state index in [2.05, 4.69) is 0 Å². The van der Waals surface area contributed by atoms with Gasteiger partial charge in [-0.05, 0) is 48.8 Å². The Labute approximate surface area is 110 Å². The second-order valence-corrected chi connectivity index (χ2v) is 4.91. The summed E-state index contributed by atoms with van der Waals surface area (Å²) in [7, 11) is 1.56. The highest BCUT2D eigenvalue weighted by molar-refractivity contribution is 5.43. The normalized spacial score (nSPS) is 20.8. The molecule has 1 N–H and O–H groups in total. The Kier molecular flexibility index (Phi) is 4.04. The number of ether oxygens (including phenoxy) is 1. The van der Waals surface area contributed by atoms with Crippen LogP contribution in [0.3, 0.4) is 0 Å². The second kappa shape index (κ2) is 5.41. The molecule has 0 saturated heterocycles. The highest BCUT2D eigenvalue weighted by Crippen LogP contribution is 2.40. The Balaban J connectivity index is 2.23. The molecule has 0 radical (unpaired) electrons. The van der Waals surface area contributed by atoms with Gasteiger partial charge < -0.3 is 9.84 Å². The van der Waals surface area contributed by atoms with Gasteiger partial charge >= 0.3 is 6.18 Å². The third-order valence-corrected chi connectivity index (χ3v) is 3.69. The predicted octanol–water partition coefficient (Wildman–Crippen LogP) is 3.43. The van der Waals surface area contributed by atoms with Crippen molar-refractivity contribution in [1.82, 2.24) is 0 Å². The van der Waals surface area contributed by atoms with Crippen molar-refractivity contribution >= 4 is 0 Å². The molecule has 19 heavy (non-hydrogen) atoms. The van der Waals surface area contributed by atoms with Gasteiger partial charge in [-0.15, -0.1) is 0 Å². The number of fused-ring (bicyclic) bond motifs is 1. The molecule has 0 aliphatic heterocycles. The van der Waals surface area contributed by atoms with Gasteiger partial charge in [-0.1, -0.05) is 12.1 Å². The zero-order valence-corrected chi connectivity index (χ0v) is 10.7. The minimum atomic E-state index is -4.55. The molecule has 1 aromatic rings. The number of aliphatic hydroxyl groups is 1. The molecular weight excluding hydrogens is 257 g/mol. The lowest BCUT2D eigenvalue weighted by molar-refractivity contribution is -0.206. The third-order valence-electron chi connectivity index (χ3n) is 3.69. The fourth-order valence-electron chi connectivity index (χ4n) is 2.75. The molecule has 1 aliphatic carbocycles. The summed E-state index contributed by atoms with van der Waals surface area (Å²) in [6, 6.07) is 5.45. The van der Waals surface area contributed by atoms with Crippen molar-refractivity contribution in [2.24, 2.45) is 0 Å². The van der Waals surface area contributed by atoms with Crippen LogP contribution >= 0.6 is 0 Å². The van der Waals surface area contributed by atoms with Crippen LogP contribution < -0.4 is 4.74 Å². The van der Waals surface area contributed by atoms with Gasteiger partial charge in [0.15, 0.2) is 0 Å². The Morgan fingerprint density at radius 1 is 1.42 bits per heavy atom. The Hall–Kier alpha value is -1.23. The van der Waals surface area contributed by atoms with E-state index < -0.39 is 12.3 Å². The van der Waals surface area contributed by atoms with Crippen LogP contribution in [-0.2, 0) is 6.42 Å². The van der Waals surface area contributed by atoms with Gasteiger partial charge in [0, 0.05) is 0 Å². The highest BCUT2D eigenvalue weighted by Gasteiger charge is 2.40. The smallest absolute Gasteiger partial charge is 0.414 e. The number of aliphatic hydroxyl groups excluding tert-OH is 1. The average molecular weight is 274 g/mol. The number of hydrogen-bond donors (Lipinski definition) is 1. The standard InChI is InChI=1S/C14H17F3O2/c1-19-12-7-3-5-10-9(4-2-6-11(10)12)8-13(18)14(15,16)17/h3,5,7,9,13,18H,2,4,6,8H2,1H3. The van der Waals surface area contributed by atoms with E-state index in [-0.39, 0.29) is 12.3 Å². The quantitative estimate of drug-likeness (QED) is 0.915. The number of alkyl halides is 3. The van der Waals surface area contributed by atoms with Crippen molar-refractivity contribution in [2.45, 2.75) is 43.9 Å². The molecule has 5 heteroatoms. The fraction of sp³-hybridized carbons (Fsp3) is 0.571. The Bertz CT molecular complexity index is 443. The first-order valence-corrected chi connectivity index (χ1v) is 6.34. The lowest BCUT2D eigenvalue weighted by atomic mass is 9.79. The van der Waals surface area contributed by atoms with E-state index in [1.54, 1.807) is 13.2 Å². The molecule has 1 aromatic carbocycles. The topological polar surface area (TPSA) is 29.5 Å². The SMILES string of the molecule is COc1cccc2c1CCCC2CC(O)C(F)(F)F. The van der Waals surface area contributed by atoms with Crippen LogP contribution in [0.1, 0.15) is 36.3 Å². The number of rotatable bonds is 3. The zero-order valence-electron chi connectivity index (χ0n) is 10.7. The van der Waals surface area contributed by atoms with E-state index in [4.69, 9.17) is 4.74 Å². The van der Waals surface area contributed by atoms with E-state index in [0.717, 1.165) is 29.7 Å². The van der Waals surface area contributed by atoms with E-state index >= 15 is 0 Å². The van der Waals surface area contributed by atoms with Crippen LogP contribution in [0.5, 0.6) is 5.75 Å². The summed E-state index contributed by atoms with van der Waals surface area (Å²) in [5.74, 6) is 0.471. The molecule has 0 fully saturated rings. The fourth-order valence-corrected chi connectivity index (χ4v) is 2.75. The first-order chi connectivity index (χ1) is 8.93. The number of hydrogen-bond acceptors (Lipinski definition) is 2. The molecule has 2 atom stereocenters. The van der Waals surface area contributed by atoms with Gasteiger partial charge in [0.05, 0.1) is 7.11 Å². The van der Waals surface area contributed by atoms with Crippen LogP contribution in [0.25, 0.3) is 0 Å². The van der Waals surface area contributed by atoms with Crippen molar-refractivity contribution in [3.8, 4) is 5.75 Å². The molecule has 0 bridgehead atoms. The van der Waals surface area contributed by atoms with Gasteiger partial charge in [0.25, 0.3) is 0 Å². The first kappa shape index (κ1) is 14.2. The molecule has 2 rings (SSSR count). The van der Waals surface area contributed by atoms with Gasteiger partial charge in [0.2, 0.25) is 0 Å². The van der Waals surface area contributed by atoms with Crippen molar-refractivity contribution in [3.05, 3.63) is 29.3 Å². The van der Waals surface area contributed by atoms with E-state index in [0.29, 0.717) is 6.42 Å². The molecule has 106 valence electrons. The number of methoxy groups -OCH3 is 1. The molecular formula is C14H17F3O2. The lowest BCUT2D eigenvalue weighted by Crippen LogP contribution is -2.31. The summed E-state index contributed by atoms with van der Waals surface area (Å²) in [6.45, 7) is 0. The maximum atomic E-state index is 12.5. The second-order valence-electron chi connectivity index (χ2n) is 4.91. The molecule has 2 unspecified atom stereocenters.